The van der Waals surface area contributed by atoms with Crippen LogP contribution in [0.15, 0.2) is 12.4 Å². The van der Waals surface area contributed by atoms with Crippen LogP contribution in [0.2, 0.25) is 0 Å². The summed E-state index contributed by atoms with van der Waals surface area (Å²) in [5.41, 5.74) is 1.22. The van der Waals surface area contributed by atoms with Crippen LogP contribution in [0.25, 0.3) is 0 Å². The quantitative estimate of drug-likeness (QED) is 0.904. The zero-order valence-corrected chi connectivity index (χ0v) is 13.8. The second-order valence-electron chi connectivity index (χ2n) is 6.55. The second-order valence-corrected chi connectivity index (χ2v) is 6.55. The molecule has 1 aromatic heterocycles. The summed E-state index contributed by atoms with van der Waals surface area (Å²) in [6.45, 7) is 8.76. The molecule has 2 fully saturated rings. The molecule has 22 heavy (non-hydrogen) atoms. The van der Waals surface area contributed by atoms with E-state index < -0.39 is 0 Å². The molecular weight excluding hydrogens is 274 g/mol. The highest BCUT2D eigenvalue weighted by molar-refractivity contribution is 5.24. The summed E-state index contributed by atoms with van der Waals surface area (Å²) < 4.78 is 0. The van der Waals surface area contributed by atoms with Gasteiger partial charge in [0.05, 0.1) is 0 Å². The van der Waals surface area contributed by atoms with Gasteiger partial charge in [0.25, 0.3) is 0 Å². The van der Waals surface area contributed by atoms with Crippen LogP contribution in [0.1, 0.15) is 44.6 Å². The summed E-state index contributed by atoms with van der Waals surface area (Å²) in [4.78, 5) is 14.0. The Morgan fingerprint density at radius 3 is 2.55 bits per heavy atom. The van der Waals surface area contributed by atoms with Gasteiger partial charge in [-0.3, -0.25) is 9.80 Å². The minimum atomic E-state index is 0.731. The Morgan fingerprint density at radius 1 is 1.05 bits per heavy atom. The number of nitrogens with zero attached hydrogens (tertiary/aromatic N) is 4. The highest BCUT2D eigenvalue weighted by atomic mass is 15.2. The Balaban J connectivity index is 1.50. The van der Waals surface area contributed by atoms with Crippen molar-refractivity contribution >= 4 is 5.95 Å². The minimum absolute atomic E-state index is 0.731. The third kappa shape index (κ3) is 4.17. The lowest BCUT2D eigenvalue weighted by atomic mass is 10.2. The molecule has 1 aliphatic carbocycles. The number of rotatable bonds is 5. The fourth-order valence-electron chi connectivity index (χ4n) is 3.73. The predicted octanol–water partition coefficient (Wildman–Crippen LogP) is 2.36. The summed E-state index contributed by atoms with van der Waals surface area (Å²) in [6, 6.07) is 0.864. The Hall–Kier alpha value is -1.20. The van der Waals surface area contributed by atoms with Crippen molar-refractivity contribution in [3.8, 4) is 0 Å². The lowest BCUT2D eigenvalue weighted by molar-refractivity contribution is 0.198. The molecule has 1 aliphatic heterocycles. The van der Waals surface area contributed by atoms with E-state index in [1.807, 2.05) is 12.4 Å². The molecular formula is C17H29N5. The maximum absolute atomic E-state index is 4.38. The topological polar surface area (TPSA) is 44.3 Å². The van der Waals surface area contributed by atoms with E-state index in [0.717, 1.165) is 25.1 Å². The molecule has 1 aromatic rings. The first-order chi connectivity index (χ1) is 10.8. The van der Waals surface area contributed by atoms with E-state index in [4.69, 9.17) is 0 Å². The smallest absolute Gasteiger partial charge is 0.222 e. The van der Waals surface area contributed by atoms with Crippen molar-refractivity contribution in [2.75, 3.05) is 38.0 Å². The summed E-state index contributed by atoms with van der Waals surface area (Å²) >= 11 is 0. The van der Waals surface area contributed by atoms with Crippen LogP contribution in [-0.4, -0.2) is 58.5 Å². The SMILES string of the molecule is CCNc1ncc(CN2CCCN(C3CCCC3)CC2)cn1. The van der Waals surface area contributed by atoms with Gasteiger partial charge < -0.3 is 5.32 Å². The molecule has 2 heterocycles. The lowest BCUT2D eigenvalue weighted by Crippen LogP contribution is -2.36. The molecule has 1 N–H and O–H groups in total. The van der Waals surface area contributed by atoms with Gasteiger partial charge in [-0.2, -0.15) is 0 Å². The van der Waals surface area contributed by atoms with Crippen LogP contribution < -0.4 is 5.32 Å². The molecule has 2 aliphatic rings. The first-order valence-electron chi connectivity index (χ1n) is 8.86. The summed E-state index contributed by atoms with van der Waals surface area (Å²) in [6.07, 6.45) is 10.9. The van der Waals surface area contributed by atoms with Crippen LogP contribution in [0, 0.1) is 0 Å². The number of nitrogens with one attached hydrogen (secondary N) is 1. The molecule has 0 bridgehead atoms. The number of aromatic nitrogens is 2. The van der Waals surface area contributed by atoms with Gasteiger partial charge in [-0.25, -0.2) is 9.97 Å². The van der Waals surface area contributed by atoms with Crippen LogP contribution in [0.5, 0.6) is 0 Å². The number of hydrogen-bond donors (Lipinski definition) is 1. The van der Waals surface area contributed by atoms with E-state index in [-0.39, 0.29) is 0 Å². The zero-order valence-electron chi connectivity index (χ0n) is 13.8. The molecule has 5 nitrogen and oxygen atoms in total. The largest absolute Gasteiger partial charge is 0.355 e. The fraction of sp³-hybridized carbons (Fsp3) is 0.765. The van der Waals surface area contributed by atoms with Crippen LogP contribution in [0.4, 0.5) is 5.95 Å². The first kappa shape index (κ1) is 15.7. The standard InChI is InChI=1S/C17H29N5/c1-2-18-17-19-12-15(13-20-17)14-21-8-5-9-22(11-10-21)16-6-3-4-7-16/h12-13,16H,2-11,14H2,1H3,(H,18,19,20). The Bertz CT molecular complexity index is 441. The number of anilines is 1. The van der Waals surface area contributed by atoms with Gasteiger partial charge in [-0.1, -0.05) is 12.8 Å². The maximum atomic E-state index is 4.38. The van der Waals surface area contributed by atoms with E-state index in [0.29, 0.717) is 0 Å². The van der Waals surface area contributed by atoms with Gasteiger partial charge in [-0.05, 0) is 39.3 Å². The Labute approximate surface area is 134 Å². The van der Waals surface area contributed by atoms with Crippen molar-refractivity contribution in [1.82, 2.24) is 19.8 Å². The van der Waals surface area contributed by atoms with Crippen molar-refractivity contribution < 1.29 is 0 Å². The molecule has 3 rings (SSSR count). The van der Waals surface area contributed by atoms with E-state index in [1.165, 1.54) is 63.8 Å². The maximum Gasteiger partial charge on any atom is 0.222 e. The third-order valence-corrected chi connectivity index (χ3v) is 4.91. The monoisotopic (exact) mass is 303 g/mol. The normalized spacial score (nSPS) is 21.9. The average molecular weight is 303 g/mol. The van der Waals surface area contributed by atoms with E-state index in [1.54, 1.807) is 0 Å². The lowest BCUT2D eigenvalue weighted by Gasteiger charge is -2.27. The van der Waals surface area contributed by atoms with Crippen molar-refractivity contribution in [2.45, 2.75) is 51.6 Å². The summed E-state index contributed by atoms with van der Waals surface area (Å²) in [7, 11) is 0. The van der Waals surface area contributed by atoms with Gasteiger partial charge in [0.15, 0.2) is 0 Å². The van der Waals surface area contributed by atoms with Gasteiger partial charge >= 0.3 is 0 Å². The molecule has 5 heteroatoms. The van der Waals surface area contributed by atoms with Crippen molar-refractivity contribution in [1.29, 1.82) is 0 Å². The van der Waals surface area contributed by atoms with E-state index in [9.17, 15) is 0 Å². The van der Waals surface area contributed by atoms with Gasteiger partial charge in [0, 0.05) is 50.2 Å². The summed E-state index contributed by atoms with van der Waals surface area (Å²) in [5, 5.41) is 3.14. The molecule has 0 aromatic carbocycles. The molecule has 0 amide bonds. The van der Waals surface area contributed by atoms with Crippen LogP contribution in [0.3, 0.4) is 0 Å². The van der Waals surface area contributed by atoms with Gasteiger partial charge in [0.1, 0.15) is 0 Å². The molecule has 0 radical (unpaired) electrons. The Kier molecular flexibility index (Phi) is 5.62. The van der Waals surface area contributed by atoms with Gasteiger partial charge in [-0.15, -0.1) is 0 Å². The van der Waals surface area contributed by atoms with Crippen molar-refractivity contribution in [2.24, 2.45) is 0 Å². The highest BCUT2D eigenvalue weighted by Crippen LogP contribution is 2.24. The summed E-state index contributed by atoms with van der Waals surface area (Å²) in [5.74, 6) is 0.731. The molecule has 0 spiro atoms. The van der Waals surface area contributed by atoms with Crippen molar-refractivity contribution in [3.05, 3.63) is 18.0 Å². The van der Waals surface area contributed by atoms with E-state index in [2.05, 4.69) is 32.0 Å². The molecule has 1 saturated carbocycles. The third-order valence-electron chi connectivity index (χ3n) is 4.91. The average Bonchev–Trinajstić information content (AvgIpc) is 2.97. The molecule has 122 valence electrons. The van der Waals surface area contributed by atoms with Gasteiger partial charge in [0.2, 0.25) is 5.95 Å². The zero-order chi connectivity index (χ0) is 15.2. The molecule has 0 unspecified atom stereocenters. The van der Waals surface area contributed by atoms with E-state index >= 15 is 0 Å². The Morgan fingerprint density at radius 2 is 1.82 bits per heavy atom. The first-order valence-corrected chi connectivity index (χ1v) is 8.86. The van der Waals surface area contributed by atoms with Crippen molar-refractivity contribution in [3.63, 3.8) is 0 Å². The molecule has 0 atom stereocenters. The molecule has 1 saturated heterocycles. The second kappa shape index (κ2) is 7.88. The van der Waals surface area contributed by atoms with Crippen LogP contribution >= 0.6 is 0 Å². The fourth-order valence-corrected chi connectivity index (χ4v) is 3.73. The highest BCUT2D eigenvalue weighted by Gasteiger charge is 2.24. The minimum Gasteiger partial charge on any atom is -0.355 e. The van der Waals surface area contributed by atoms with Crippen LogP contribution in [-0.2, 0) is 6.54 Å². The number of hydrogen-bond acceptors (Lipinski definition) is 5. The predicted molar refractivity (Wildman–Crippen MR) is 89.9 cm³/mol.